The normalized spacial score (nSPS) is 10.5. The molecule has 1 heterocycles. The van der Waals surface area contributed by atoms with Gasteiger partial charge in [0.1, 0.15) is 22.8 Å². The van der Waals surface area contributed by atoms with Crippen molar-refractivity contribution in [3.8, 4) is 11.5 Å². The summed E-state index contributed by atoms with van der Waals surface area (Å²) < 4.78 is 0. The first-order valence-electron chi connectivity index (χ1n) is 6.78. The van der Waals surface area contributed by atoms with E-state index >= 15 is 0 Å². The molecule has 0 bridgehead atoms. The minimum atomic E-state index is -0.243. The third-order valence-electron chi connectivity index (χ3n) is 3.24. The standard InChI is InChI=1S/C17H14N2O3/c20-13-5-1-3-11(9-13)10-16(22)18-15-8-7-12-4-2-6-14(21)17(12)19-15/h1-9,20-21H,10H2,(H,18,19,22). The van der Waals surface area contributed by atoms with Gasteiger partial charge in [0.05, 0.1) is 6.42 Å². The molecular weight excluding hydrogens is 280 g/mol. The first-order valence-corrected chi connectivity index (χ1v) is 6.78. The number of nitrogens with one attached hydrogen (secondary N) is 1. The van der Waals surface area contributed by atoms with E-state index in [0.717, 1.165) is 5.39 Å². The maximum Gasteiger partial charge on any atom is 0.229 e. The summed E-state index contributed by atoms with van der Waals surface area (Å²) in [6, 6.07) is 15.1. The second-order valence-corrected chi connectivity index (χ2v) is 4.94. The molecule has 0 unspecified atom stereocenters. The maximum absolute atomic E-state index is 12.0. The first-order chi connectivity index (χ1) is 10.6. The van der Waals surface area contributed by atoms with Crippen LogP contribution in [0.25, 0.3) is 10.9 Å². The number of benzene rings is 2. The molecule has 1 aromatic heterocycles. The Labute approximate surface area is 126 Å². The van der Waals surface area contributed by atoms with Crippen molar-refractivity contribution in [1.82, 2.24) is 4.98 Å². The van der Waals surface area contributed by atoms with E-state index in [-0.39, 0.29) is 23.8 Å². The lowest BCUT2D eigenvalue weighted by Gasteiger charge is -2.07. The second kappa shape index (κ2) is 5.73. The summed E-state index contributed by atoms with van der Waals surface area (Å²) in [7, 11) is 0. The molecule has 0 radical (unpaired) electrons. The molecule has 2 aromatic carbocycles. The highest BCUT2D eigenvalue weighted by molar-refractivity contribution is 5.93. The fraction of sp³-hybridized carbons (Fsp3) is 0.0588. The van der Waals surface area contributed by atoms with Crippen molar-refractivity contribution in [3.05, 3.63) is 60.2 Å². The summed E-state index contributed by atoms with van der Waals surface area (Å²) in [5.74, 6) is 0.327. The van der Waals surface area contributed by atoms with Gasteiger partial charge in [-0.15, -0.1) is 0 Å². The SMILES string of the molecule is O=C(Cc1cccc(O)c1)Nc1ccc2cccc(O)c2n1. The number of hydrogen-bond donors (Lipinski definition) is 3. The van der Waals surface area contributed by atoms with Gasteiger partial charge in [-0.2, -0.15) is 0 Å². The number of carbonyl (C=O) groups excluding carboxylic acids is 1. The summed E-state index contributed by atoms with van der Waals surface area (Å²) in [5.41, 5.74) is 1.15. The fourth-order valence-electron chi connectivity index (χ4n) is 2.24. The molecule has 0 aliphatic rings. The van der Waals surface area contributed by atoms with E-state index in [2.05, 4.69) is 10.3 Å². The smallest absolute Gasteiger partial charge is 0.229 e. The van der Waals surface area contributed by atoms with Gasteiger partial charge in [0.25, 0.3) is 0 Å². The molecular formula is C17H14N2O3. The Morgan fingerprint density at radius 1 is 1.05 bits per heavy atom. The van der Waals surface area contributed by atoms with Crippen LogP contribution in [0.15, 0.2) is 54.6 Å². The zero-order valence-corrected chi connectivity index (χ0v) is 11.7. The zero-order valence-electron chi connectivity index (χ0n) is 11.7. The minimum absolute atomic E-state index is 0.0709. The van der Waals surface area contributed by atoms with Crippen molar-refractivity contribution >= 4 is 22.6 Å². The molecule has 0 aliphatic heterocycles. The van der Waals surface area contributed by atoms with E-state index in [1.807, 2.05) is 6.07 Å². The lowest BCUT2D eigenvalue weighted by molar-refractivity contribution is -0.115. The van der Waals surface area contributed by atoms with Gasteiger partial charge in [0.15, 0.2) is 0 Å². The second-order valence-electron chi connectivity index (χ2n) is 4.94. The number of hydrogen-bond acceptors (Lipinski definition) is 4. The van der Waals surface area contributed by atoms with Crippen LogP contribution >= 0.6 is 0 Å². The number of para-hydroxylation sites is 1. The van der Waals surface area contributed by atoms with Crippen LogP contribution in [0, 0.1) is 0 Å². The van der Waals surface area contributed by atoms with Crippen molar-refractivity contribution in [2.75, 3.05) is 5.32 Å². The van der Waals surface area contributed by atoms with Gasteiger partial charge in [0.2, 0.25) is 5.91 Å². The number of amides is 1. The fourth-order valence-corrected chi connectivity index (χ4v) is 2.24. The van der Waals surface area contributed by atoms with E-state index in [0.29, 0.717) is 16.9 Å². The summed E-state index contributed by atoms with van der Waals surface area (Å²) in [4.78, 5) is 16.3. The average Bonchev–Trinajstić information content (AvgIpc) is 2.48. The average molecular weight is 294 g/mol. The summed E-state index contributed by atoms with van der Waals surface area (Å²) in [5, 5.41) is 22.7. The molecule has 3 N–H and O–H groups in total. The summed E-state index contributed by atoms with van der Waals surface area (Å²) >= 11 is 0. The van der Waals surface area contributed by atoms with Gasteiger partial charge in [0, 0.05) is 5.39 Å². The van der Waals surface area contributed by atoms with Crippen molar-refractivity contribution < 1.29 is 15.0 Å². The topological polar surface area (TPSA) is 82.5 Å². The predicted octanol–water partition coefficient (Wildman–Crippen LogP) is 2.83. The molecule has 0 aliphatic carbocycles. The van der Waals surface area contributed by atoms with E-state index in [1.165, 1.54) is 0 Å². The molecule has 0 atom stereocenters. The molecule has 0 fully saturated rings. The van der Waals surface area contributed by atoms with Crippen LogP contribution in [-0.2, 0) is 11.2 Å². The van der Waals surface area contributed by atoms with Crippen LogP contribution in [-0.4, -0.2) is 21.1 Å². The van der Waals surface area contributed by atoms with Gasteiger partial charge in [-0.3, -0.25) is 4.79 Å². The van der Waals surface area contributed by atoms with Gasteiger partial charge in [-0.25, -0.2) is 4.98 Å². The quantitative estimate of drug-likeness (QED) is 0.693. The Bertz CT molecular complexity index is 846. The van der Waals surface area contributed by atoms with Crippen LogP contribution < -0.4 is 5.32 Å². The number of aromatic nitrogens is 1. The highest BCUT2D eigenvalue weighted by atomic mass is 16.3. The monoisotopic (exact) mass is 294 g/mol. The third-order valence-corrected chi connectivity index (χ3v) is 3.24. The maximum atomic E-state index is 12.0. The van der Waals surface area contributed by atoms with Crippen LogP contribution in [0.4, 0.5) is 5.82 Å². The first kappa shape index (κ1) is 13.9. The lowest BCUT2D eigenvalue weighted by atomic mass is 10.1. The third kappa shape index (κ3) is 2.98. The number of phenolic OH excluding ortho intramolecular Hbond substituents is 2. The van der Waals surface area contributed by atoms with E-state index in [9.17, 15) is 15.0 Å². The predicted molar refractivity (Wildman–Crippen MR) is 83.8 cm³/mol. The Balaban J connectivity index is 1.78. The van der Waals surface area contributed by atoms with Gasteiger partial charge in [-0.1, -0.05) is 24.3 Å². The number of carbonyl (C=O) groups is 1. The molecule has 0 spiro atoms. The number of fused-ring (bicyclic) bond motifs is 1. The van der Waals surface area contributed by atoms with E-state index in [4.69, 9.17) is 0 Å². The number of phenols is 2. The van der Waals surface area contributed by atoms with Gasteiger partial charge in [-0.05, 0) is 35.9 Å². The lowest BCUT2D eigenvalue weighted by Crippen LogP contribution is -2.15. The molecule has 110 valence electrons. The summed E-state index contributed by atoms with van der Waals surface area (Å²) in [6.45, 7) is 0. The number of rotatable bonds is 3. The van der Waals surface area contributed by atoms with Crippen LogP contribution in [0.3, 0.4) is 0 Å². The number of anilines is 1. The minimum Gasteiger partial charge on any atom is -0.508 e. The van der Waals surface area contributed by atoms with Crippen molar-refractivity contribution in [1.29, 1.82) is 0 Å². The number of aromatic hydroxyl groups is 2. The molecule has 1 amide bonds. The van der Waals surface area contributed by atoms with Crippen LogP contribution in [0.2, 0.25) is 0 Å². The Morgan fingerprint density at radius 2 is 1.86 bits per heavy atom. The molecule has 5 heteroatoms. The van der Waals surface area contributed by atoms with Gasteiger partial charge >= 0.3 is 0 Å². The van der Waals surface area contributed by atoms with Gasteiger partial charge < -0.3 is 15.5 Å². The number of nitrogens with zero attached hydrogens (tertiary/aromatic N) is 1. The van der Waals surface area contributed by atoms with Crippen molar-refractivity contribution in [3.63, 3.8) is 0 Å². The Morgan fingerprint density at radius 3 is 2.68 bits per heavy atom. The highest BCUT2D eigenvalue weighted by Crippen LogP contribution is 2.23. The molecule has 5 nitrogen and oxygen atoms in total. The molecule has 22 heavy (non-hydrogen) atoms. The zero-order chi connectivity index (χ0) is 15.5. The van der Waals surface area contributed by atoms with Crippen LogP contribution in [0.1, 0.15) is 5.56 Å². The highest BCUT2D eigenvalue weighted by Gasteiger charge is 2.07. The van der Waals surface area contributed by atoms with E-state index in [1.54, 1.807) is 48.5 Å². The number of pyridine rings is 1. The Hall–Kier alpha value is -3.08. The largest absolute Gasteiger partial charge is 0.508 e. The summed E-state index contributed by atoms with van der Waals surface area (Å²) in [6.07, 6.45) is 0.134. The Kier molecular flexibility index (Phi) is 3.62. The molecule has 3 aromatic rings. The van der Waals surface area contributed by atoms with E-state index < -0.39 is 0 Å². The van der Waals surface area contributed by atoms with Crippen molar-refractivity contribution in [2.24, 2.45) is 0 Å². The van der Waals surface area contributed by atoms with Crippen molar-refractivity contribution in [2.45, 2.75) is 6.42 Å². The van der Waals surface area contributed by atoms with Crippen LogP contribution in [0.5, 0.6) is 11.5 Å². The molecule has 0 saturated carbocycles. The molecule has 0 saturated heterocycles. The molecule has 3 rings (SSSR count).